The van der Waals surface area contributed by atoms with Crippen molar-refractivity contribution in [2.24, 2.45) is 0 Å². The van der Waals surface area contributed by atoms with Gasteiger partial charge in [0.15, 0.2) is 0 Å². The van der Waals surface area contributed by atoms with Gasteiger partial charge in [0.1, 0.15) is 0 Å². The third kappa shape index (κ3) is 122. The van der Waals surface area contributed by atoms with Crippen molar-refractivity contribution >= 4 is 40.5 Å². The maximum atomic E-state index is 0. The van der Waals surface area contributed by atoms with Crippen LogP contribution in [0.3, 0.4) is 0 Å². The molecule has 0 aromatic heterocycles. The van der Waals surface area contributed by atoms with Gasteiger partial charge in [-0.25, -0.2) is 0 Å². The number of hydrogen-bond acceptors (Lipinski definition) is 2. The van der Waals surface area contributed by atoms with Gasteiger partial charge < -0.3 is 43.4 Å². The molecule has 0 atom stereocenters. The summed E-state index contributed by atoms with van der Waals surface area (Å²) in [4.78, 5) is 0. The van der Waals surface area contributed by atoms with E-state index in [1.807, 2.05) is 0 Å². The summed E-state index contributed by atoms with van der Waals surface area (Å²) in [5.41, 5.74) is 0. The minimum atomic E-state index is 0. The van der Waals surface area contributed by atoms with E-state index in [0.29, 0.717) is 0 Å². The third-order valence-corrected chi connectivity index (χ3v) is 0. The monoisotopic (exact) mass is 379 g/mol. The largest absolute Gasteiger partial charge is 0.813 e. The Morgan fingerprint density at radius 2 is 0.400 bits per heavy atom. The molecule has 0 fully saturated rings. The molecular formula is H11Fe4O3S3-. The molecule has 0 spiro atoms. The molecule has 0 aliphatic heterocycles. The summed E-state index contributed by atoms with van der Waals surface area (Å²) >= 11 is 0. The predicted octanol–water partition coefficient (Wildman–Crippen LogP) is -3.83. The van der Waals surface area contributed by atoms with Crippen molar-refractivity contribution in [1.29, 1.82) is 0 Å². The number of thiol groups is 2. The molecule has 0 amide bonds. The van der Waals surface area contributed by atoms with Gasteiger partial charge in [0.25, 0.3) is 0 Å². The number of hydrogen-bond donors (Lipinski definition) is 0. The Morgan fingerprint density at radius 3 is 0.400 bits per heavy atom. The number of rotatable bonds is 0. The van der Waals surface area contributed by atoms with Crippen LogP contribution in [-0.2, 0) is 109 Å². The zero-order chi connectivity index (χ0) is 0. The van der Waals surface area contributed by atoms with Crippen molar-refractivity contribution < 1.29 is 84.7 Å². The Labute approximate surface area is 124 Å². The fraction of sp³-hybridized carbons (Fsp3) is 0. The Bertz CT molecular complexity index is 15.7. The van der Waals surface area contributed by atoms with E-state index in [1.165, 1.54) is 0 Å². The zero-order valence-electron chi connectivity index (χ0n) is 4.39. The Morgan fingerprint density at radius 1 is 0.400 bits per heavy atom. The average Bonchev–Trinajstić information content (AvgIpc) is 0. The van der Waals surface area contributed by atoms with Crippen LogP contribution in [0.15, 0.2) is 0 Å². The maximum absolute atomic E-state index is 0. The molecule has 0 rings (SSSR count). The molecule has 0 aromatic carbocycles. The van der Waals surface area contributed by atoms with Crippen molar-refractivity contribution in [2.75, 3.05) is 0 Å². The van der Waals surface area contributed by atoms with Crippen molar-refractivity contribution in [3.8, 4) is 0 Å². The minimum Gasteiger partial charge on any atom is -0.813 e. The fourth-order valence-electron chi connectivity index (χ4n) is 0. The molecule has 0 aliphatic rings. The molecule has 10 heavy (non-hydrogen) atoms. The van der Waals surface area contributed by atoms with Crippen LogP contribution in [0.25, 0.3) is 0 Å². The molecule has 0 bridgehead atoms. The second kappa shape index (κ2) is 161. The molecule has 0 heterocycles. The summed E-state index contributed by atoms with van der Waals surface area (Å²) in [7, 11) is 0. The van der Waals surface area contributed by atoms with E-state index in [9.17, 15) is 0 Å². The van der Waals surface area contributed by atoms with E-state index < -0.39 is 0 Å². The molecular weight excluding hydrogens is 368 g/mol. The first-order chi connectivity index (χ1) is 0. The smallest absolute Gasteiger partial charge is 0 e. The molecule has 3 nitrogen and oxygen atoms in total. The zero-order valence-corrected chi connectivity index (χ0v) is 11.7. The quantitative estimate of drug-likeness (QED) is 0.187. The van der Waals surface area contributed by atoms with Gasteiger partial charge in [-0.15, -0.1) is 0 Å². The summed E-state index contributed by atoms with van der Waals surface area (Å²) in [6, 6.07) is 0. The Kier molecular flexibility index (Phi) is 3330. The minimum absolute atomic E-state index is 0. The van der Waals surface area contributed by atoms with Crippen LogP contribution in [0.1, 0.15) is 0 Å². The van der Waals surface area contributed by atoms with Crippen molar-refractivity contribution in [3.63, 3.8) is 0 Å². The Balaban J connectivity index is 0. The summed E-state index contributed by atoms with van der Waals surface area (Å²) in [6.45, 7) is 0. The van der Waals surface area contributed by atoms with Gasteiger partial charge in [-0.2, -0.15) is 0 Å². The first-order valence-electron chi connectivity index (χ1n) is 0. The van der Waals surface area contributed by atoms with Gasteiger partial charge >= 0.3 is 0 Å². The van der Waals surface area contributed by atoms with Crippen LogP contribution in [0, 0.1) is 0 Å². The molecule has 0 aliphatic carbocycles. The van der Waals surface area contributed by atoms with Gasteiger partial charge in [0.2, 0.25) is 0 Å². The fourth-order valence-corrected chi connectivity index (χ4v) is 0. The maximum Gasteiger partial charge on any atom is 0 e. The SMILES string of the molecule is O.O.O.[Fe].[Fe].[Fe].[Fe].[SH-].[SH-].[SH3+]. The average molecular weight is 379 g/mol. The van der Waals surface area contributed by atoms with Gasteiger partial charge in [-0.05, 0) is 0 Å². The summed E-state index contributed by atoms with van der Waals surface area (Å²) in [5.74, 6) is 0. The van der Waals surface area contributed by atoms with Gasteiger partial charge in [0.05, 0.1) is 0 Å². The van der Waals surface area contributed by atoms with E-state index in [-0.39, 0.29) is 125 Å². The third-order valence-electron chi connectivity index (χ3n) is 0. The molecule has 0 unspecified atom stereocenters. The predicted molar refractivity (Wildman–Crippen MR) is 39.9 cm³/mol. The van der Waals surface area contributed by atoms with Gasteiger partial charge in [0, 0.05) is 68.3 Å². The van der Waals surface area contributed by atoms with Crippen molar-refractivity contribution in [2.45, 2.75) is 0 Å². The van der Waals surface area contributed by atoms with E-state index in [0.717, 1.165) is 0 Å². The van der Waals surface area contributed by atoms with E-state index in [4.69, 9.17) is 0 Å². The Hall–Kier alpha value is 3.01. The molecule has 0 radical (unpaired) electrons. The molecule has 80 valence electrons. The van der Waals surface area contributed by atoms with Crippen molar-refractivity contribution in [3.05, 3.63) is 0 Å². The second-order valence-corrected chi connectivity index (χ2v) is 0. The second-order valence-electron chi connectivity index (χ2n) is 0. The first kappa shape index (κ1) is 207. The van der Waals surface area contributed by atoms with E-state index >= 15 is 0 Å². The summed E-state index contributed by atoms with van der Waals surface area (Å²) < 4.78 is 0. The standard InChI is InChI=1S/4Fe.3H2O.3H2S/h;;;;6*1H2/p-1. The van der Waals surface area contributed by atoms with Crippen LogP contribution in [0.2, 0.25) is 0 Å². The van der Waals surface area contributed by atoms with E-state index in [2.05, 4.69) is 0 Å². The molecule has 6 N–H and O–H groups in total. The first-order valence-corrected chi connectivity index (χ1v) is 0. The van der Waals surface area contributed by atoms with E-state index in [1.54, 1.807) is 0 Å². The molecule has 10 heteroatoms. The van der Waals surface area contributed by atoms with Crippen LogP contribution in [0.4, 0.5) is 0 Å². The molecule has 0 saturated heterocycles. The van der Waals surface area contributed by atoms with Crippen LogP contribution in [-0.4, -0.2) is 16.4 Å². The normalized spacial score (nSPS) is 0. The topological polar surface area (TPSA) is 94.5 Å². The van der Waals surface area contributed by atoms with Crippen molar-refractivity contribution in [1.82, 2.24) is 0 Å². The van der Waals surface area contributed by atoms with Crippen LogP contribution >= 0.6 is 0 Å². The van der Waals surface area contributed by atoms with Crippen LogP contribution < -0.4 is 0 Å². The van der Waals surface area contributed by atoms with Gasteiger partial charge in [-0.1, -0.05) is 13.5 Å². The summed E-state index contributed by atoms with van der Waals surface area (Å²) in [5, 5.41) is 0. The summed E-state index contributed by atoms with van der Waals surface area (Å²) in [6.07, 6.45) is 0. The van der Waals surface area contributed by atoms with Gasteiger partial charge in [-0.3, -0.25) is 0 Å². The van der Waals surface area contributed by atoms with Crippen LogP contribution in [0.5, 0.6) is 0 Å². The molecule has 0 saturated carbocycles. The molecule has 0 aromatic rings.